The van der Waals surface area contributed by atoms with Gasteiger partial charge in [0.25, 0.3) is 0 Å². The van der Waals surface area contributed by atoms with Gasteiger partial charge in [0.15, 0.2) is 0 Å². The van der Waals surface area contributed by atoms with E-state index < -0.39 is 23.7 Å². The standard InChI is InChI=1S/C8H14NO4S/c1-8(2,3)13-7(12)9-5(4-14)6(10)11/h5H,4H2,1-3H3,(H,9,12)(H,10,11). The van der Waals surface area contributed by atoms with Crippen molar-refractivity contribution in [2.75, 3.05) is 5.75 Å². The van der Waals surface area contributed by atoms with Crippen molar-refractivity contribution >= 4 is 24.7 Å². The summed E-state index contributed by atoms with van der Waals surface area (Å²) in [6, 6.07) is -1.07. The molecule has 1 atom stereocenters. The summed E-state index contributed by atoms with van der Waals surface area (Å²) in [4.78, 5) is 21.6. The predicted octanol–water partition coefficient (Wildman–Crippen LogP) is 1.16. The smallest absolute Gasteiger partial charge is 0.408 e. The summed E-state index contributed by atoms with van der Waals surface area (Å²) in [5, 5.41) is 10.7. The third-order valence-corrected chi connectivity index (χ3v) is 1.49. The number of carboxylic acids is 1. The molecule has 2 N–H and O–H groups in total. The van der Waals surface area contributed by atoms with Crippen LogP contribution in [0.2, 0.25) is 0 Å². The lowest BCUT2D eigenvalue weighted by molar-refractivity contribution is -0.138. The fraction of sp³-hybridized carbons (Fsp3) is 0.750. The van der Waals surface area contributed by atoms with Gasteiger partial charge in [-0.2, -0.15) is 0 Å². The number of carbonyl (C=O) groups excluding carboxylic acids is 1. The SMILES string of the molecule is CC(C)(C)OC(=O)NC(C[S])C(=O)O. The Labute approximate surface area is 88.2 Å². The zero-order valence-corrected chi connectivity index (χ0v) is 9.18. The Morgan fingerprint density at radius 1 is 1.50 bits per heavy atom. The van der Waals surface area contributed by atoms with Crippen LogP contribution < -0.4 is 5.32 Å². The Hall–Kier alpha value is -0.910. The van der Waals surface area contributed by atoms with E-state index in [1.165, 1.54) is 0 Å². The summed E-state index contributed by atoms with van der Waals surface area (Å²) in [6.07, 6.45) is -0.769. The molecule has 5 nitrogen and oxygen atoms in total. The van der Waals surface area contributed by atoms with Gasteiger partial charge in [-0.3, -0.25) is 0 Å². The summed E-state index contributed by atoms with van der Waals surface area (Å²) in [5.41, 5.74) is -0.644. The Kier molecular flexibility index (Phi) is 4.76. The third-order valence-electron chi connectivity index (χ3n) is 1.16. The van der Waals surface area contributed by atoms with E-state index in [0.717, 1.165) is 0 Å². The Bertz CT molecular complexity index is 224. The number of alkyl carbamates (subject to hydrolysis) is 1. The van der Waals surface area contributed by atoms with E-state index in [0.29, 0.717) is 0 Å². The number of carboxylic acid groups (broad SMARTS) is 1. The molecule has 0 aromatic rings. The molecule has 0 heterocycles. The van der Waals surface area contributed by atoms with E-state index in [4.69, 9.17) is 9.84 Å². The lowest BCUT2D eigenvalue weighted by Gasteiger charge is -2.21. The van der Waals surface area contributed by atoms with Crippen molar-refractivity contribution in [1.82, 2.24) is 5.32 Å². The molecule has 0 fully saturated rings. The first-order valence-corrected chi connectivity index (χ1v) is 4.64. The first kappa shape index (κ1) is 13.1. The summed E-state index contributed by atoms with van der Waals surface area (Å²) < 4.78 is 4.86. The minimum atomic E-state index is -1.16. The van der Waals surface area contributed by atoms with Gasteiger partial charge in [0.1, 0.15) is 11.6 Å². The van der Waals surface area contributed by atoms with Gasteiger partial charge in [0, 0.05) is 5.75 Å². The number of ether oxygens (including phenoxy) is 1. The molecule has 0 spiro atoms. The summed E-state index contributed by atoms with van der Waals surface area (Å²) in [7, 11) is 0. The minimum absolute atomic E-state index is 0.0887. The second-order valence-electron chi connectivity index (χ2n) is 3.70. The van der Waals surface area contributed by atoms with Crippen LogP contribution in [0.5, 0.6) is 0 Å². The lowest BCUT2D eigenvalue weighted by atomic mass is 10.2. The average molecular weight is 220 g/mol. The zero-order chi connectivity index (χ0) is 11.4. The molecule has 0 rings (SSSR count). The summed E-state index contributed by atoms with van der Waals surface area (Å²) in [6.45, 7) is 5.07. The molecule has 0 aliphatic rings. The number of aliphatic carboxylic acids is 1. The normalized spacial score (nSPS) is 13.1. The monoisotopic (exact) mass is 220 g/mol. The Morgan fingerprint density at radius 3 is 2.29 bits per heavy atom. The minimum Gasteiger partial charge on any atom is -0.480 e. The van der Waals surface area contributed by atoms with Crippen molar-refractivity contribution in [3.05, 3.63) is 0 Å². The highest BCUT2D eigenvalue weighted by Crippen LogP contribution is 2.06. The van der Waals surface area contributed by atoms with Crippen molar-refractivity contribution in [1.29, 1.82) is 0 Å². The molecule has 0 aromatic heterocycles. The summed E-state index contributed by atoms with van der Waals surface area (Å²) >= 11 is 4.56. The van der Waals surface area contributed by atoms with E-state index >= 15 is 0 Å². The van der Waals surface area contributed by atoms with Crippen LogP contribution in [-0.4, -0.2) is 34.6 Å². The second-order valence-corrected chi connectivity index (χ2v) is 4.04. The van der Waals surface area contributed by atoms with Gasteiger partial charge in [-0.25, -0.2) is 9.59 Å². The van der Waals surface area contributed by atoms with Gasteiger partial charge in [0.2, 0.25) is 0 Å². The molecular formula is C8H14NO4S. The van der Waals surface area contributed by atoms with E-state index in [1.54, 1.807) is 20.8 Å². The van der Waals surface area contributed by atoms with Crippen molar-refractivity contribution in [2.45, 2.75) is 32.4 Å². The molecule has 0 aliphatic heterocycles. The van der Waals surface area contributed by atoms with Gasteiger partial charge < -0.3 is 15.2 Å². The molecule has 1 radical (unpaired) electrons. The number of hydrogen-bond acceptors (Lipinski definition) is 3. The number of nitrogens with one attached hydrogen (secondary N) is 1. The lowest BCUT2D eigenvalue weighted by Crippen LogP contribution is -2.44. The van der Waals surface area contributed by atoms with Crippen LogP contribution in [0.3, 0.4) is 0 Å². The second kappa shape index (κ2) is 5.09. The highest BCUT2D eigenvalue weighted by molar-refractivity contribution is 7.80. The fourth-order valence-corrected chi connectivity index (χ4v) is 0.850. The van der Waals surface area contributed by atoms with E-state index in [2.05, 4.69) is 17.9 Å². The molecule has 0 aliphatic carbocycles. The summed E-state index contributed by atoms with van der Waals surface area (Å²) in [5.74, 6) is -1.25. The van der Waals surface area contributed by atoms with Crippen LogP contribution in [0.1, 0.15) is 20.8 Å². The van der Waals surface area contributed by atoms with Crippen LogP contribution in [-0.2, 0) is 9.53 Å². The molecule has 0 bridgehead atoms. The van der Waals surface area contributed by atoms with Gasteiger partial charge >= 0.3 is 12.1 Å². The van der Waals surface area contributed by atoms with E-state index in [-0.39, 0.29) is 5.75 Å². The van der Waals surface area contributed by atoms with Crippen molar-refractivity contribution in [3.8, 4) is 0 Å². The molecule has 0 saturated heterocycles. The van der Waals surface area contributed by atoms with Gasteiger partial charge in [0.05, 0.1) is 0 Å². The maximum absolute atomic E-state index is 11.1. The van der Waals surface area contributed by atoms with Gasteiger partial charge in [-0.15, -0.1) is 0 Å². The topological polar surface area (TPSA) is 75.6 Å². The largest absolute Gasteiger partial charge is 0.480 e. The molecule has 1 amide bonds. The first-order valence-electron chi connectivity index (χ1n) is 4.06. The van der Waals surface area contributed by atoms with Gasteiger partial charge in [-0.05, 0) is 20.8 Å². The molecular weight excluding hydrogens is 206 g/mol. The van der Waals surface area contributed by atoms with E-state index in [1.807, 2.05) is 0 Å². The van der Waals surface area contributed by atoms with Crippen molar-refractivity contribution in [3.63, 3.8) is 0 Å². The van der Waals surface area contributed by atoms with Crippen LogP contribution in [0, 0.1) is 0 Å². The maximum Gasteiger partial charge on any atom is 0.408 e. The van der Waals surface area contributed by atoms with Crippen LogP contribution in [0.4, 0.5) is 4.79 Å². The van der Waals surface area contributed by atoms with Crippen LogP contribution >= 0.6 is 12.6 Å². The highest BCUT2D eigenvalue weighted by Gasteiger charge is 2.22. The number of hydrogen-bond donors (Lipinski definition) is 2. The van der Waals surface area contributed by atoms with Crippen molar-refractivity contribution in [2.24, 2.45) is 0 Å². The van der Waals surface area contributed by atoms with Crippen LogP contribution in [0.25, 0.3) is 0 Å². The third kappa shape index (κ3) is 5.69. The zero-order valence-electron chi connectivity index (χ0n) is 8.36. The first-order chi connectivity index (χ1) is 6.26. The number of rotatable bonds is 3. The quantitative estimate of drug-likeness (QED) is 0.748. The Balaban J connectivity index is 4.11. The Morgan fingerprint density at radius 2 is 2.00 bits per heavy atom. The number of amides is 1. The highest BCUT2D eigenvalue weighted by atomic mass is 32.1. The van der Waals surface area contributed by atoms with Crippen LogP contribution in [0.15, 0.2) is 0 Å². The maximum atomic E-state index is 11.1. The average Bonchev–Trinajstić information content (AvgIpc) is 1.96. The van der Waals surface area contributed by atoms with Crippen molar-refractivity contribution < 1.29 is 19.4 Å². The van der Waals surface area contributed by atoms with Gasteiger partial charge in [-0.1, -0.05) is 12.6 Å². The fourth-order valence-electron chi connectivity index (χ4n) is 0.625. The predicted molar refractivity (Wildman–Crippen MR) is 53.3 cm³/mol. The molecule has 14 heavy (non-hydrogen) atoms. The van der Waals surface area contributed by atoms with E-state index in [9.17, 15) is 9.59 Å². The molecule has 0 aromatic carbocycles. The molecule has 81 valence electrons. The number of carbonyl (C=O) groups is 2. The molecule has 0 saturated carbocycles. The molecule has 6 heteroatoms. The molecule has 1 unspecified atom stereocenters.